The number of ether oxygens (including phenoxy) is 2. The summed E-state index contributed by atoms with van der Waals surface area (Å²) in [6.07, 6.45) is 5.03. The van der Waals surface area contributed by atoms with Gasteiger partial charge in [-0.05, 0) is 54.5 Å². The van der Waals surface area contributed by atoms with Gasteiger partial charge in [0.15, 0.2) is 5.79 Å². The van der Waals surface area contributed by atoms with Gasteiger partial charge in [0.25, 0.3) is 0 Å². The Kier molecular flexibility index (Phi) is 5.17. The summed E-state index contributed by atoms with van der Waals surface area (Å²) in [4.78, 5) is 4.49. The van der Waals surface area contributed by atoms with E-state index in [-0.39, 0.29) is 23.6 Å². The van der Waals surface area contributed by atoms with Gasteiger partial charge in [0, 0.05) is 24.1 Å². The number of nitrogens with zero attached hydrogens (tertiary/aromatic N) is 1. The van der Waals surface area contributed by atoms with Crippen LogP contribution in [0.4, 0.5) is 8.78 Å². The van der Waals surface area contributed by atoms with Crippen molar-refractivity contribution in [2.24, 2.45) is 17.8 Å². The van der Waals surface area contributed by atoms with Crippen molar-refractivity contribution < 1.29 is 23.4 Å². The Hall–Kier alpha value is -2.15. The van der Waals surface area contributed by atoms with Crippen LogP contribution in [-0.2, 0) is 9.47 Å². The van der Waals surface area contributed by atoms with E-state index >= 15 is 0 Å². The summed E-state index contributed by atoms with van der Waals surface area (Å²) in [5.74, 6) is -0.831. The summed E-state index contributed by atoms with van der Waals surface area (Å²) < 4.78 is 39.8. The molecule has 2 aromatic rings. The van der Waals surface area contributed by atoms with Crippen LogP contribution in [0.2, 0.25) is 0 Å². The first-order chi connectivity index (χ1) is 14.5. The fraction of sp³-hybridized carbons (Fsp3) is 0.458. The molecular weight excluding hydrogens is 388 g/mol. The van der Waals surface area contributed by atoms with Gasteiger partial charge in [-0.3, -0.25) is 4.98 Å². The molecule has 2 saturated carbocycles. The maximum absolute atomic E-state index is 14.3. The average molecular weight is 413 g/mol. The van der Waals surface area contributed by atoms with Gasteiger partial charge in [0.2, 0.25) is 0 Å². The Balaban J connectivity index is 1.38. The molecule has 4 nitrogen and oxygen atoms in total. The molecule has 1 N–H and O–H groups in total. The molecule has 30 heavy (non-hydrogen) atoms. The SMILES string of the molecule is O[C@H]1C[C@H]2CC3(OCCO3)[C@@H](/C=C/c3ccc(-c4cccc(F)c4)cn3)[C@@H]2C[C@@H]1F. The van der Waals surface area contributed by atoms with Crippen LogP contribution >= 0.6 is 0 Å². The predicted molar refractivity (Wildman–Crippen MR) is 109 cm³/mol. The highest BCUT2D eigenvalue weighted by Crippen LogP contribution is 2.55. The molecule has 3 aliphatic rings. The van der Waals surface area contributed by atoms with Crippen molar-refractivity contribution in [3.05, 3.63) is 60.2 Å². The number of benzene rings is 1. The van der Waals surface area contributed by atoms with Crippen molar-refractivity contribution in [3.63, 3.8) is 0 Å². The van der Waals surface area contributed by atoms with E-state index in [0.29, 0.717) is 32.5 Å². The molecule has 0 radical (unpaired) electrons. The standard InChI is InChI=1S/C24H25F2NO3/c25-18-3-1-2-15(10-18)16-4-5-19(27-14-16)6-7-21-20-12-22(26)23(28)11-17(20)13-24(21)29-8-9-30-24/h1-7,10,14,17,20-23,28H,8-9,11-13H2/b7-6+/t17-,20+,21-,22-,23-/m0/s1. The number of fused-ring (bicyclic) bond motifs is 1. The number of pyridine rings is 1. The Morgan fingerprint density at radius 2 is 1.93 bits per heavy atom. The van der Waals surface area contributed by atoms with E-state index in [0.717, 1.165) is 16.8 Å². The Bertz CT molecular complexity index is 926. The third-order valence-corrected chi connectivity index (χ3v) is 6.78. The number of halogens is 2. The van der Waals surface area contributed by atoms with Gasteiger partial charge >= 0.3 is 0 Å². The largest absolute Gasteiger partial charge is 0.390 e. The second-order valence-corrected chi connectivity index (χ2v) is 8.56. The number of hydrogen-bond donors (Lipinski definition) is 1. The molecule has 1 aromatic heterocycles. The molecule has 6 heteroatoms. The fourth-order valence-electron chi connectivity index (χ4n) is 5.36. The van der Waals surface area contributed by atoms with Crippen molar-refractivity contribution in [1.29, 1.82) is 0 Å². The fourth-order valence-corrected chi connectivity index (χ4v) is 5.36. The van der Waals surface area contributed by atoms with Crippen LogP contribution in [0.5, 0.6) is 0 Å². The van der Waals surface area contributed by atoms with Crippen molar-refractivity contribution >= 4 is 6.08 Å². The lowest BCUT2D eigenvalue weighted by Gasteiger charge is -2.34. The van der Waals surface area contributed by atoms with E-state index in [4.69, 9.17) is 9.47 Å². The molecule has 1 saturated heterocycles. The van der Waals surface area contributed by atoms with E-state index in [9.17, 15) is 13.9 Å². The van der Waals surface area contributed by atoms with Crippen LogP contribution in [0.15, 0.2) is 48.7 Å². The summed E-state index contributed by atoms with van der Waals surface area (Å²) in [6, 6.07) is 10.2. The zero-order valence-electron chi connectivity index (χ0n) is 16.6. The second kappa shape index (κ2) is 7.84. The van der Waals surface area contributed by atoms with Gasteiger partial charge in [-0.2, -0.15) is 0 Å². The van der Waals surface area contributed by atoms with Crippen molar-refractivity contribution in [2.75, 3.05) is 13.2 Å². The molecule has 2 heterocycles. The normalized spacial score (nSPS) is 32.7. The molecule has 5 rings (SSSR count). The summed E-state index contributed by atoms with van der Waals surface area (Å²) in [5, 5.41) is 9.98. The Morgan fingerprint density at radius 1 is 1.10 bits per heavy atom. The summed E-state index contributed by atoms with van der Waals surface area (Å²) in [6.45, 7) is 1.07. The van der Waals surface area contributed by atoms with Crippen molar-refractivity contribution in [3.8, 4) is 11.1 Å². The van der Waals surface area contributed by atoms with Crippen LogP contribution in [0, 0.1) is 23.6 Å². The van der Waals surface area contributed by atoms with Gasteiger partial charge < -0.3 is 14.6 Å². The van der Waals surface area contributed by atoms with Crippen LogP contribution in [-0.4, -0.2) is 41.4 Å². The van der Waals surface area contributed by atoms with E-state index in [2.05, 4.69) is 4.98 Å². The van der Waals surface area contributed by atoms with Crippen LogP contribution in [0.3, 0.4) is 0 Å². The lowest BCUT2D eigenvalue weighted by atomic mass is 9.75. The number of rotatable bonds is 3. The topological polar surface area (TPSA) is 51.6 Å². The smallest absolute Gasteiger partial charge is 0.175 e. The lowest BCUT2D eigenvalue weighted by Crippen LogP contribution is -2.38. The number of alkyl halides is 1. The summed E-state index contributed by atoms with van der Waals surface area (Å²) in [5.41, 5.74) is 2.38. The highest BCUT2D eigenvalue weighted by atomic mass is 19.1. The van der Waals surface area contributed by atoms with Gasteiger partial charge in [0.1, 0.15) is 12.0 Å². The third-order valence-electron chi connectivity index (χ3n) is 6.78. The molecule has 2 aliphatic carbocycles. The molecule has 0 amide bonds. The Morgan fingerprint density at radius 3 is 2.67 bits per heavy atom. The first-order valence-corrected chi connectivity index (χ1v) is 10.5. The van der Waals surface area contributed by atoms with Crippen LogP contribution in [0.25, 0.3) is 17.2 Å². The highest BCUT2D eigenvalue weighted by Gasteiger charge is 2.58. The lowest BCUT2D eigenvalue weighted by molar-refractivity contribution is -0.175. The van der Waals surface area contributed by atoms with Crippen molar-refractivity contribution in [1.82, 2.24) is 4.98 Å². The van der Waals surface area contributed by atoms with Crippen LogP contribution in [0.1, 0.15) is 25.0 Å². The molecule has 1 aliphatic heterocycles. The zero-order valence-corrected chi connectivity index (χ0v) is 16.6. The minimum atomic E-state index is -1.21. The third kappa shape index (κ3) is 3.57. The first kappa shape index (κ1) is 19.8. The minimum Gasteiger partial charge on any atom is -0.390 e. The number of aliphatic hydroxyl groups is 1. The quantitative estimate of drug-likeness (QED) is 0.811. The molecule has 158 valence electrons. The maximum atomic E-state index is 14.3. The zero-order chi connectivity index (χ0) is 20.7. The Labute approximate surface area is 174 Å². The number of aliphatic hydroxyl groups excluding tert-OH is 1. The predicted octanol–water partition coefficient (Wildman–Crippen LogP) is 4.39. The highest BCUT2D eigenvalue weighted by molar-refractivity contribution is 5.63. The molecule has 0 bridgehead atoms. The number of hydrogen-bond acceptors (Lipinski definition) is 4. The maximum Gasteiger partial charge on any atom is 0.175 e. The van der Waals surface area contributed by atoms with E-state index < -0.39 is 18.1 Å². The summed E-state index contributed by atoms with van der Waals surface area (Å²) >= 11 is 0. The number of aromatic nitrogens is 1. The first-order valence-electron chi connectivity index (χ1n) is 10.5. The molecule has 1 aromatic carbocycles. The van der Waals surface area contributed by atoms with E-state index in [1.165, 1.54) is 12.1 Å². The summed E-state index contributed by atoms with van der Waals surface area (Å²) in [7, 11) is 0. The molecule has 0 unspecified atom stereocenters. The van der Waals surface area contributed by atoms with Gasteiger partial charge in [-0.25, -0.2) is 8.78 Å². The van der Waals surface area contributed by atoms with Gasteiger partial charge in [-0.15, -0.1) is 0 Å². The van der Waals surface area contributed by atoms with E-state index in [1.807, 2.05) is 30.4 Å². The minimum absolute atomic E-state index is 0.0734. The molecule has 1 spiro atoms. The molecule has 3 fully saturated rings. The van der Waals surface area contributed by atoms with Crippen molar-refractivity contribution in [2.45, 2.75) is 37.3 Å². The monoisotopic (exact) mass is 413 g/mol. The van der Waals surface area contributed by atoms with Gasteiger partial charge in [-0.1, -0.05) is 24.3 Å². The van der Waals surface area contributed by atoms with E-state index in [1.54, 1.807) is 12.3 Å². The average Bonchev–Trinajstić information content (AvgIpc) is 3.32. The molecule has 5 atom stereocenters. The van der Waals surface area contributed by atoms with Gasteiger partial charge in [0.05, 0.1) is 25.0 Å². The van der Waals surface area contributed by atoms with Crippen LogP contribution < -0.4 is 0 Å². The second-order valence-electron chi connectivity index (χ2n) is 8.56. The molecular formula is C24H25F2NO3.